The summed E-state index contributed by atoms with van der Waals surface area (Å²) in [6, 6.07) is 10.5. The number of nitro groups is 1. The number of nitrogens with one attached hydrogen (secondary N) is 1. The largest absolute Gasteiger partial charge is 0.497 e. The van der Waals surface area contributed by atoms with Crippen LogP contribution in [0.2, 0.25) is 0 Å². The van der Waals surface area contributed by atoms with Gasteiger partial charge in [0, 0.05) is 23.3 Å². The first-order chi connectivity index (χ1) is 11.5. The number of carbonyl (C=O) groups is 1. The molecule has 2 aromatic rings. The lowest BCUT2D eigenvalue weighted by molar-refractivity contribution is -0.384. The van der Waals surface area contributed by atoms with Crippen molar-refractivity contribution in [3.8, 4) is 11.5 Å². The number of methoxy groups -OCH3 is 2. The number of benzene rings is 2. The van der Waals surface area contributed by atoms with Gasteiger partial charge >= 0.3 is 0 Å². The Kier molecular flexibility index (Phi) is 5.45. The van der Waals surface area contributed by atoms with E-state index in [2.05, 4.69) is 10.5 Å². The van der Waals surface area contributed by atoms with Crippen molar-refractivity contribution >= 4 is 17.8 Å². The third kappa shape index (κ3) is 4.07. The van der Waals surface area contributed by atoms with Crippen molar-refractivity contribution in [3.63, 3.8) is 0 Å². The number of non-ortho nitro benzene ring substituents is 1. The van der Waals surface area contributed by atoms with Crippen LogP contribution in [0.4, 0.5) is 5.69 Å². The summed E-state index contributed by atoms with van der Waals surface area (Å²) < 4.78 is 10.3. The minimum atomic E-state index is -0.568. The van der Waals surface area contributed by atoms with Crippen LogP contribution in [0.3, 0.4) is 0 Å². The summed E-state index contributed by atoms with van der Waals surface area (Å²) in [5.41, 5.74) is 2.89. The molecule has 2 aromatic carbocycles. The van der Waals surface area contributed by atoms with Crippen LogP contribution >= 0.6 is 0 Å². The molecule has 1 N–H and O–H groups in total. The Labute approximate surface area is 137 Å². The van der Waals surface area contributed by atoms with Crippen LogP contribution < -0.4 is 14.9 Å². The van der Waals surface area contributed by atoms with Gasteiger partial charge in [-0.3, -0.25) is 14.9 Å². The predicted octanol–water partition coefficient (Wildman–Crippen LogP) is 2.38. The van der Waals surface area contributed by atoms with E-state index < -0.39 is 10.8 Å². The molecule has 0 heterocycles. The zero-order chi connectivity index (χ0) is 17.5. The van der Waals surface area contributed by atoms with Gasteiger partial charge in [0.2, 0.25) is 0 Å². The van der Waals surface area contributed by atoms with Crippen LogP contribution in [0.1, 0.15) is 15.9 Å². The van der Waals surface area contributed by atoms with E-state index in [1.165, 1.54) is 44.7 Å². The number of hydrogen-bond acceptors (Lipinski definition) is 6. The third-order valence-corrected chi connectivity index (χ3v) is 3.13. The van der Waals surface area contributed by atoms with E-state index >= 15 is 0 Å². The molecule has 0 saturated heterocycles. The van der Waals surface area contributed by atoms with E-state index in [1.54, 1.807) is 18.2 Å². The third-order valence-electron chi connectivity index (χ3n) is 3.13. The average Bonchev–Trinajstić information content (AvgIpc) is 2.61. The number of hydrazone groups is 1. The summed E-state index contributed by atoms with van der Waals surface area (Å²) >= 11 is 0. The normalized spacial score (nSPS) is 10.4. The lowest BCUT2D eigenvalue weighted by Gasteiger charge is -2.06. The molecule has 0 aliphatic carbocycles. The number of amides is 1. The number of nitrogens with zero attached hydrogens (tertiary/aromatic N) is 2. The molecule has 0 aliphatic heterocycles. The predicted molar refractivity (Wildman–Crippen MR) is 87.7 cm³/mol. The van der Waals surface area contributed by atoms with Crippen molar-refractivity contribution in [2.45, 2.75) is 0 Å². The van der Waals surface area contributed by atoms with Gasteiger partial charge in [-0.25, -0.2) is 5.43 Å². The van der Waals surface area contributed by atoms with Gasteiger partial charge in [0.15, 0.2) is 0 Å². The highest BCUT2D eigenvalue weighted by atomic mass is 16.6. The van der Waals surface area contributed by atoms with E-state index in [4.69, 9.17) is 9.47 Å². The van der Waals surface area contributed by atoms with Crippen molar-refractivity contribution in [2.24, 2.45) is 5.10 Å². The molecule has 124 valence electrons. The van der Waals surface area contributed by atoms with Gasteiger partial charge in [-0.05, 0) is 24.3 Å². The molecule has 0 aliphatic rings. The molecule has 1 amide bonds. The maximum absolute atomic E-state index is 12.0. The number of ether oxygens (including phenoxy) is 2. The molecule has 0 unspecified atom stereocenters. The Bertz CT molecular complexity index is 789. The quantitative estimate of drug-likeness (QED) is 0.498. The molecule has 0 saturated carbocycles. The molecule has 8 heteroatoms. The second-order valence-corrected chi connectivity index (χ2v) is 4.61. The Morgan fingerprint density at radius 3 is 2.67 bits per heavy atom. The smallest absolute Gasteiger partial charge is 0.271 e. The molecule has 0 radical (unpaired) electrons. The molecular weight excluding hydrogens is 314 g/mol. The summed E-state index contributed by atoms with van der Waals surface area (Å²) in [6.07, 6.45) is 1.40. The van der Waals surface area contributed by atoms with E-state index in [9.17, 15) is 14.9 Å². The molecular formula is C16H15N3O5. The maximum atomic E-state index is 12.0. The zero-order valence-corrected chi connectivity index (χ0v) is 13.1. The first-order valence-corrected chi connectivity index (χ1v) is 6.85. The molecule has 0 aromatic heterocycles. The van der Waals surface area contributed by atoms with Crippen molar-refractivity contribution < 1.29 is 19.2 Å². The average molecular weight is 329 g/mol. The Balaban J connectivity index is 2.12. The zero-order valence-electron chi connectivity index (χ0n) is 13.1. The molecule has 0 spiro atoms. The SMILES string of the molecule is COc1ccc(OC)c(/C=N/NC(=O)c2cccc([N+](=O)[O-])c2)c1. The first-order valence-electron chi connectivity index (χ1n) is 6.85. The highest BCUT2D eigenvalue weighted by molar-refractivity contribution is 5.95. The minimum Gasteiger partial charge on any atom is -0.497 e. The second-order valence-electron chi connectivity index (χ2n) is 4.61. The maximum Gasteiger partial charge on any atom is 0.271 e. The van der Waals surface area contributed by atoms with Gasteiger partial charge in [-0.2, -0.15) is 5.10 Å². The highest BCUT2D eigenvalue weighted by Gasteiger charge is 2.10. The summed E-state index contributed by atoms with van der Waals surface area (Å²) in [6.45, 7) is 0. The highest BCUT2D eigenvalue weighted by Crippen LogP contribution is 2.22. The Morgan fingerprint density at radius 1 is 1.21 bits per heavy atom. The molecule has 2 rings (SSSR count). The standard InChI is InChI=1S/C16H15N3O5/c1-23-14-6-7-15(24-2)12(9-14)10-17-18-16(20)11-4-3-5-13(8-11)19(21)22/h3-10H,1-2H3,(H,18,20)/b17-10+. The lowest BCUT2D eigenvalue weighted by Crippen LogP contribution is -2.17. The lowest BCUT2D eigenvalue weighted by atomic mass is 10.2. The van der Waals surface area contributed by atoms with Gasteiger partial charge in [0.1, 0.15) is 11.5 Å². The van der Waals surface area contributed by atoms with Gasteiger partial charge < -0.3 is 9.47 Å². The number of rotatable bonds is 6. The summed E-state index contributed by atoms with van der Waals surface area (Å²) in [5.74, 6) is 0.614. The molecule has 0 atom stereocenters. The summed E-state index contributed by atoms with van der Waals surface area (Å²) in [5, 5.41) is 14.6. The Hall–Kier alpha value is -3.42. The molecule has 24 heavy (non-hydrogen) atoms. The molecule has 0 bridgehead atoms. The van der Waals surface area contributed by atoms with Gasteiger partial charge in [0.05, 0.1) is 25.4 Å². The van der Waals surface area contributed by atoms with Crippen LogP contribution in [-0.4, -0.2) is 31.3 Å². The second kappa shape index (κ2) is 7.73. The van der Waals surface area contributed by atoms with Crippen molar-refractivity contribution in [3.05, 3.63) is 63.7 Å². The van der Waals surface area contributed by atoms with Crippen molar-refractivity contribution in [1.82, 2.24) is 5.43 Å². The van der Waals surface area contributed by atoms with Crippen LogP contribution in [0.15, 0.2) is 47.6 Å². The van der Waals surface area contributed by atoms with Crippen molar-refractivity contribution in [2.75, 3.05) is 14.2 Å². The minimum absolute atomic E-state index is 0.138. The fraction of sp³-hybridized carbons (Fsp3) is 0.125. The van der Waals surface area contributed by atoms with E-state index in [0.29, 0.717) is 17.1 Å². The fourth-order valence-electron chi connectivity index (χ4n) is 1.93. The van der Waals surface area contributed by atoms with Gasteiger partial charge in [0.25, 0.3) is 11.6 Å². The van der Waals surface area contributed by atoms with Crippen molar-refractivity contribution in [1.29, 1.82) is 0 Å². The van der Waals surface area contributed by atoms with Crippen LogP contribution in [-0.2, 0) is 0 Å². The van der Waals surface area contributed by atoms with E-state index in [-0.39, 0.29) is 11.3 Å². The number of nitro benzene ring substituents is 1. The summed E-state index contributed by atoms with van der Waals surface area (Å²) in [4.78, 5) is 22.1. The fourth-order valence-corrected chi connectivity index (χ4v) is 1.93. The monoisotopic (exact) mass is 329 g/mol. The summed E-state index contributed by atoms with van der Waals surface area (Å²) in [7, 11) is 3.05. The van der Waals surface area contributed by atoms with Crippen LogP contribution in [0.25, 0.3) is 0 Å². The number of hydrogen-bond donors (Lipinski definition) is 1. The molecule has 0 fully saturated rings. The van der Waals surface area contributed by atoms with E-state index in [0.717, 1.165) is 0 Å². The van der Waals surface area contributed by atoms with Crippen LogP contribution in [0.5, 0.6) is 11.5 Å². The molecule has 8 nitrogen and oxygen atoms in total. The van der Waals surface area contributed by atoms with E-state index in [1.807, 2.05) is 0 Å². The van der Waals surface area contributed by atoms with Gasteiger partial charge in [-0.1, -0.05) is 6.07 Å². The van der Waals surface area contributed by atoms with Crippen LogP contribution in [0, 0.1) is 10.1 Å². The van der Waals surface area contributed by atoms with Gasteiger partial charge in [-0.15, -0.1) is 0 Å². The number of carbonyl (C=O) groups excluding carboxylic acids is 1. The topological polar surface area (TPSA) is 103 Å². The first kappa shape index (κ1) is 16.9. The Morgan fingerprint density at radius 2 is 2.00 bits per heavy atom.